The van der Waals surface area contributed by atoms with Crippen LogP contribution in [0, 0.1) is 10.1 Å². The zero-order valence-corrected chi connectivity index (χ0v) is 10.2. The van der Waals surface area contributed by atoms with Crippen LogP contribution in [0.2, 0.25) is 0 Å². The van der Waals surface area contributed by atoms with E-state index >= 15 is 0 Å². The number of benzene rings is 1. The molecular weight excluding hydrogens is 242 g/mol. The van der Waals surface area contributed by atoms with Crippen molar-refractivity contribution in [1.82, 2.24) is 4.90 Å². The van der Waals surface area contributed by atoms with E-state index < -0.39 is 0 Å². The molecule has 1 atom stereocenters. The highest BCUT2D eigenvalue weighted by Gasteiger charge is 2.18. The maximum atomic E-state index is 10.5. The van der Waals surface area contributed by atoms with Gasteiger partial charge in [0.05, 0.1) is 4.92 Å². The average Bonchev–Trinajstić information content (AvgIpc) is 2.65. The van der Waals surface area contributed by atoms with Crippen LogP contribution in [0.25, 0.3) is 0 Å². The van der Waals surface area contributed by atoms with Crippen molar-refractivity contribution >= 4 is 18.1 Å². The quantitative estimate of drug-likeness (QED) is 0.659. The number of rotatable bonds is 3. The van der Waals surface area contributed by atoms with Crippen molar-refractivity contribution in [3.8, 4) is 0 Å². The van der Waals surface area contributed by atoms with E-state index in [0.29, 0.717) is 0 Å². The molecule has 0 amide bonds. The molecule has 0 unspecified atom stereocenters. The number of nitrogens with two attached hydrogens (primary N) is 1. The second-order valence-corrected chi connectivity index (χ2v) is 4.21. The third kappa shape index (κ3) is 3.66. The summed E-state index contributed by atoms with van der Waals surface area (Å²) >= 11 is 0. The Hall–Kier alpha value is -1.17. The van der Waals surface area contributed by atoms with Crippen LogP contribution in [-0.2, 0) is 6.54 Å². The van der Waals surface area contributed by atoms with E-state index in [1.165, 1.54) is 0 Å². The molecule has 0 spiro atoms. The van der Waals surface area contributed by atoms with E-state index in [1.807, 2.05) is 12.1 Å². The minimum absolute atomic E-state index is 0. The predicted molar refractivity (Wildman–Crippen MR) is 68.2 cm³/mol. The predicted octanol–water partition coefficient (Wildman–Crippen LogP) is 1.55. The molecule has 0 aromatic heterocycles. The number of likely N-dealkylation sites (tertiary alicyclic amines) is 1. The minimum Gasteiger partial charge on any atom is -0.326 e. The SMILES string of the molecule is Cl.N[C@H]1CCN(Cc2ccc([N+](=O)[O-])cc2)C1. The average molecular weight is 258 g/mol. The van der Waals surface area contributed by atoms with Gasteiger partial charge in [0.25, 0.3) is 5.69 Å². The van der Waals surface area contributed by atoms with Gasteiger partial charge in [-0.15, -0.1) is 12.4 Å². The van der Waals surface area contributed by atoms with Crippen LogP contribution in [0.1, 0.15) is 12.0 Å². The van der Waals surface area contributed by atoms with Crippen molar-refractivity contribution in [3.63, 3.8) is 0 Å². The van der Waals surface area contributed by atoms with Gasteiger partial charge in [-0.3, -0.25) is 15.0 Å². The molecule has 0 radical (unpaired) electrons. The smallest absolute Gasteiger partial charge is 0.269 e. The van der Waals surface area contributed by atoms with Gasteiger partial charge in [-0.05, 0) is 12.0 Å². The molecule has 0 aliphatic carbocycles. The first-order chi connectivity index (χ1) is 7.65. The Morgan fingerprint density at radius 2 is 2.06 bits per heavy atom. The van der Waals surface area contributed by atoms with Crippen LogP contribution < -0.4 is 5.73 Å². The molecule has 1 saturated heterocycles. The molecule has 17 heavy (non-hydrogen) atoms. The fraction of sp³-hybridized carbons (Fsp3) is 0.455. The lowest BCUT2D eigenvalue weighted by atomic mass is 10.2. The van der Waals surface area contributed by atoms with Crippen molar-refractivity contribution in [2.24, 2.45) is 5.73 Å². The maximum absolute atomic E-state index is 10.5. The Morgan fingerprint density at radius 3 is 2.53 bits per heavy atom. The van der Waals surface area contributed by atoms with Crippen molar-refractivity contribution in [2.45, 2.75) is 19.0 Å². The summed E-state index contributed by atoms with van der Waals surface area (Å²) < 4.78 is 0. The van der Waals surface area contributed by atoms with Gasteiger partial charge in [-0.25, -0.2) is 0 Å². The molecule has 2 N–H and O–H groups in total. The van der Waals surface area contributed by atoms with E-state index in [4.69, 9.17) is 5.73 Å². The molecule has 1 aromatic rings. The Kier molecular flexibility index (Phi) is 4.86. The van der Waals surface area contributed by atoms with E-state index in [2.05, 4.69) is 4.90 Å². The molecule has 1 heterocycles. The molecule has 0 bridgehead atoms. The van der Waals surface area contributed by atoms with Gasteiger partial charge in [0.2, 0.25) is 0 Å². The number of hydrogen-bond acceptors (Lipinski definition) is 4. The normalized spacial score (nSPS) is 19.9. The maximum Gasteiger partial charge on any atom is 0.269 e. The molecule has 94 valence electrons. The number of halogens is 1. The van der Waals surface area contributed by atoms with Gasteiger partial charge in [0.1, 0.15) is 0 Å². The van der Waals surface area contributed by atoms with E-state index in [-0.39, 0.29) is 29.1 Å². The Bertz CT molecular complexity index is 383. The minimum atomic E-state index is -0.379. The fourth-order valence-electron chi connectivity index (χ4n) is 1.99. The first-order valence-electron chi connectivity index (χ1n) is 5.36. The molecule has 1 aliphatic rings. The van der Waals surface area contributed by atoms with Crippen LogP contribution in [0.5, 0.6) is 0 Å². The molecular formula is C11H16ClN3O2. The van der Waals surface area contributed by atoms with Crippen molar-refractivity contribution in [3.05, 3.63) is 39.9 Å². The van der Waals surface area contributed by atoms with Crippen LogP contribution in [0.4, 0.5) is 5.69 Å². The molecule has 1 aliphatic heterocycles. The monoisotopic (exact) mass is 257 g/mol. The Labute approximate surface area is 106 Å². The van der Waals surface area contributed by atoms with Crippen LogP contribution in [0.15, 0.2) is 24.3 Å². The van der Waals surface area contributed by atoms with Crippen molar-refractivity contribution in [1.29, 1.82) is 0 Å². The van der Waals surface area contributed by atoms with Gasteiger partial charge < -0.3 is 5.73 Å². The lowest BCUT2D eigenvalue weighted by Crippen LogP contribution is -2.26. The zero-order chi connectivity index (χ0) is 11.5. The zero-order valence-electron chi connectivity index (χ0n) is 9.41. The summed E-state index contributed by atoms with van der Waals surface area (Å²) in [5.41, 5.74) is 7.05. The van der Waals surface area contributed by atoms with Crippen molar-refractivity contribution in [2.75, 3.05) is 13.1 Å². The summed E-state index contributed by atoms with van der Waals surface area (Å²) in [7, 11) is 0. The summed E-state index contributed by atoms with van der Waals surface area (Å²) in [6.45, 7) is 2.75. The number of nitro benzene ring substituents is 1. The topological polar surface area (TPSA) is 72.4 Å². The lowest BCUT2D eigenvalue weighted by molar-refractivity contribution is -0.384. The van der Waals surface area contributed by atoms with E-state index in [1.54, 1.807) is 12.1 Å². The molecule has 6 heteroatoms. The second kappa shape index (κ2) is 5.95. The highest BCUT2D eigenvalue weighted by molar-refractivity contribution is 5.85. The summed E-state index contributed by atoms with van der Waals surface area (Å²) in [6.07, 6.45) is 1.03. The largest absolute Gasteiger partial charge is 0.326 e. The number of non-ortho nitro benzene ring substituents is 1. The van der Waals surface area contributed by atoms with Crippen LogP contribution in [-0.4, -0.2) is 29.0 Å². The van der Waals surface area contributed by atoms with Gasteiger partial charge in [-0.1, -0.05) is 12.1 Å². The number of hydrogen-bond donors (Lipinski definition) is 1. The van der Waals surface area contributed by atoms with Gasteiger partial charge in [0, 0.05) is 37.8 Å². The molecule has 0 saturated carbocycles. The van der Waals surface area contributed by atoms with Crippen LogP contribution >= 0.6 is 12.4 Å². The number of nitrogens with zero attached hydrogens (tertiary/aromatic N) is 2. The summed E-state index contributed by atoms with van der Waals surface area (Å²) in [6, 6.07) is 6.98. The molecule has 5 nitrogen and oxygen atoms in total. The van der Waals surface area contributed by atoms with Gasteiger partial charge in [-0.2, -0.15) is 0 Å². The van der Waals surface area contributed by atoms with Gasteiger partial charge >= 0.3 is 0 Å². The second-order valence-electron chi connectivity index (χ2n) is 4.21. The third-order valence-corrected chi connectivity index (χ3v) is 2.86. The first-order valence-corrected chi connectivity index (χ1v) is 5.36. The summed E-state index contributed by atoms with van der Waals surface area (Å²) in [5, 5.41) is 10.5. The Morgan fingerprint density at radius 1 is 1.41 bits per heavy atom. The molecule has 2 rings (SSSR count). The highest BCUT2D eigenvalue weighted by Crippen LogP contribution is 2.15. The van der Waals surface area contributed by atoms with Crippen molar-refractivity contribution < 1.29 is 4.92 Å². The molecule has 1 fully saturated rings. The first kappa shape index (κ1) is 13.9. The highest BCUT2D eigenvalue weighted by atomic mass is 35.5. The summed E-state index contributed by atoms with van der Waals surface area (Å²) in [4.78, 5) is 12.4. The summed E-state index contributed by atoms with van der Waals surface area (Å²) in [5.74, 6) is 0. The third-order valence-electron chi connectivity index (χ3n) is 2.86. The van der Waals surface area contributed by atoms with E-state index in [9.17, 15) is 10.1 Å². The molecule has 1 aromatic carbocycles. The van der Waals surface area contributed by atoms with Gasteiger partial charge in [0.15, 0.2) is 0 Å². The number of nitro groups is 1. The van der Waals surface area contributed by atoms with E-state index in [0.717, 1.165) is 31.6 Å². The Balaban J connectivity index is 0.00000144. The lowest BCUT2D eigenvalue weighted by Gasteiger charge is -2.14. The fourth-order valence-corrected chi connectivity index (χ4v) is 1.99. The standard InChI is InChI=1S/C11H15N3O2.ClH/c12-10-5-6-13(8-10)7-9-1-3-11(4-2-9)14(15)16;/h1-4,10H,5-8,12H2;1H/t10-;/m0./s1. The van der Waals surface area contributed by atoms with Crippen LogP contribution in [0.3, 0.4) is 0 Å².